The van der Waals surface area contributed by atoms with Crippen LogP contribution in [-0.2, 0) is 0 Å². The maximum atomic E-state index is 12.3. The van der Waals surface area contributed by atoms with Crippen LogP contribution in [0.15, 0.2) is 18.2 Å². The number of hydrogen-bond acceptors (Lipinski definition) is 5. The Morgan fingerprint density at radius 3 is 2.75 bits per heavy atom. The van der Waals surface area contributed by atoms with Gasteiger partial charge in [-0.2, -0.15) is 0 Å². The smallest absolute Gasteiger partial charge is 0.270 e. The van der Waals surface area contributed by atoms with E-state index in [-0.39, 0.29) is 17.2 Å². The number of hydrogen-bond donors (Lipinski definition) is 1. The van der Waals surface area contributed by atoms with E-state index in [9.17, 15) is 14.9 Å². The van der Waals surface area contributed by atoms with Gasteiger partial charge in [0.05, 0.1) is 17.6 Å². The van der Waals surface area contributed by atoms with Gasteiger partial charge in [-0.15, -0.1) is 0 Å². The van der Waals surface area contributed by atoms with E-state index in [4.69, 9.17) is 4.74 Å². The zero-order valence-electron chi connectivity index (χ0n) is 14.3. The Labute approximate surface area is 142 Å². The van der Waals surface area contributed by atoms with Crippen LogP contribution >= 0.6 is 0 Å². The number of nitro groups is 1. The van der Waals surface area contributed by atoms with E-state index in [2.05, 4.69) is 17.1 Å². The quantitative estimate of drug-likeness (QED) is 0.470. The highest BCUT2D eigenvalue weighted by atomic mass is 16.6. The summed E-state index contributed by atoms with van der Waals surface area (Å²) in [6.45, 7) is 6.02. The number of nitrogens with zero attached hydrogens (tertiary/aromatic N) is 2. The first-order valence-corrected chi connectivity index (χ1v) is 8.34. The summed E-state index contributed by atoms with van der Waals surface area (Å²) in [4.78, 5) is 25.0. The number of likely N-dealkylation sites (tertiary alicyclic amines) is 1. The number of ether oxygens (including phenoxy) is 1. The third-order valence-electron chi connectivity index (χ3n) is 4.45. The lowest BCUT2D eigenvalue weighted by molar-refractivity contribution is -0.384. The maximum Gasteiger partial charge on any atom is 0.270 e. The molecule has 1 aromatic rings. The van der Waals surface area contributed by atoms with Gasteiger partial charge in [-0.25, -0.2) is 0 Å². The fourth-order valence-electron chi connectivity index (χ4n) is 2.87. The summed E-state index contributed by atoms with van der Waals surface area (Å²) in [5.41, 5.74) is 0.0712. The summed E-state index contributed by atoms with van der Waals surface area (Å²) < 4.78 is 5.12. The zero-order valence-corrected chi connectivity index (χ0v) is 14.3. The average Bonchev–Trinajstić information content (AvgIpc) is 2.59. The molecule has 1 fully saturated rings. The van der Waals surface area contributed by atoms with Crippen molar-refractivity contribution >= 4 is 11.6 Å². The molecular formula is C17H25N3O4. The molecule has 1 N–H and O–H groups in total. The molecule has 1 amide bonds. The van der Waals surface area contributed by atoms with Crippen LogP contribution in [-0.4, -0.2) is 49.0 Å². The molecule has 1 aliphatic rings. The van der Waals surface area contributed by atoms with Gasteiger partial charge in [0.2, 0.25) is 0 Å². The molecule has 0 aromatic heterocycles. The van der Waals surface area contributed by atoms with Gasteiger partial charge in [-0.1, -0.05) is 6.92 Å². The third kappa shape index (κ3) is 4.92. The summed E-state index contributed by atoms with van der Waals surface area (Å²) >= 11 is 0. The van der Waals surface area contributed by atoms with E-state index in [1.54, 1.807) is 0 Å². The van der Waals surface area contributed by atoms with Gasteiger partial charge in [0.15, 0.2) is 0 Å². The summed E-state index contributed by atoms with van der Waals surface area (Å²) in [5, 5.41) is 13.7. The Morgan fingerprint density at radius 2 is 2.12 bits per heavy atom. The van der Waals surface area contributed by atoms with Gasteiger partial charge < -0.3 is 15.0 Å². The lowest BCUT2D eigenvalue weighted by Crippen LogP contribution is -2.35. The van der Waals surface area contributed by atoms with E-state index in [1.807, 2.05) is 0 Å². The molecule has 0 bridgehead atoms. The summed E-state index contributed by atoms with van der Waals surface area (Å²) in [7, 11) is 1.44. The first-order valence-electron chi connectivity index (χ1n) is 8.34. The molecule has 24 heavy (non-hydrogen) atoms. The molecule has 0 radical (unpaired) electrons. The van der Waals surface area contributed by atoms with E-state index >= 15 is 0 Å². The second-order valence-corrected chi connectivity index (χ2v) is 6.28. The van der Waals surface area contributed by atoms with Crippen molar-refractivity contribution in [2.24, 2.45) is 5.92 Å². The van der Waals surface area contributed by atoms with Crippen molar-refractivity contribution in [1.29, 1.82) is 0 Å². The number of methoxy groups -OCH3 is 1. The van der Waals surface area contributed by atoms with Gasteiger partial charge >= 0.3 is 0 Å². The van der Waals surface area contributed by atoms with Gasteiger partial charge in [-0.3, -0.25) is 14.9 Å². The van der Waals surface area contributed by atoms with Gasteiger partial charge in [0, 0.05) is 18.7 Å². The maximum absolute atomic E-state index is 12.3. The second-order valence-electron chi connectivity index (χ2n) is 6.28. The average molecular weight is 335 g/mol. The van der Waals surface area contributed by atoms with Gasteiger partial charge in [0.25, 0.3) is 11.6 Å². The Kier molecular flexibility index (Phi) is 6.54. The normalized spacial score (nSPS) is 15.9. The van der Waals surface area contributed by atoms with E-state index in [0.717, 1.165) is 32.0 Å². The number of carbonyl (C=O) groups is 1. The molecule has 2 rings (SSSR count). The minimum Gasteiger partial charge on any atom is -0.496 e. The minimum atomic E-state index is -0.520. The Balaban J connectivity index is 1.83. The topological polar surface area (TPSA) is 84.7 Å². The van der Waals surface area contributed by atoms with Crippen molar-refractivity contribution in [2.75, 3.05) is 33.3 Å². The molecular weight excluding hydrogens is 310 g/mol. The highest BCUT2D eigenvalue weighted by Crippen LogP contribution is 2.23. The number of nitrogens with one attached hydrogen (secondary N) is 1. The van der Waals surface area contributed by atoms with E-state index in [1.165, 1.54) is 38.2 Å². The molecule has 0 spiro atoms. The van der Waals surface area contributed by atoms with Crippen molar-refractivity contribution in [3.05, 3.63) is 33.9 Å². The van der Waals surface area contributed by atoms with Crippen LogP contribution in [0.2, 0.25) is 0 Å². The molecule has 132 valence electrons. The van der Waals surface area contributed by atoms with Crippen LogP contribution in [0, 0.1) is 16.0 Å². The SMILES string of the molecule is COc1ccc([N+](=O)[O-])cc1C(=O)NCCCN1CCC(C)CC1. The van der Waals surface area contributed by atoms with Crippen molar-refractivity contribution in [1.82, 2.24) is 10.2 Å². The Bertz CT molecular complexity index is 583. The number of rotatable bonds is 7. The van der Waals surface area contributed by atoms with Crippen LogP contribution in [0.1, 0.15) is 36.5 Å². The zero-order chi connectivity index (χ0) is 17.5. The van der Waals surface area contributed by atoms with Crippen molar-refractivity contribution in [3.63, 3.8) is 0 Å². The third-order valence-corrected chi connectivity index (χ3v) is 4.45. The molecule has 0 aliphatic carbocycles. The predicted octanol–water partition coefficient (Wildman–Crippen LogP) is 2.46. The number of non-ortho nitro benzene ring substituents is 1. The molecule has 0 saturated carbocycles. The molecule has 1 aromatic carbocycles. The molecule has 7 nitrogen and oxygen atoms in total. The van der Waals surface area contributed by atoms with Gasteiger partial charge in [0.1, 0.15) is 5.75 Å². The van der Waals surface area contributed by atoms with E-state index in [0.29, 0.717) is 12.3 Å². The molecule has 7 heteroatoms. The Morgan fingerprint density at radius 1 is 1.42 bits per heavy atom. The number of piperidine rings is 1. The van der Waals surface area contributed by atoms with E-state index < -0.39 is 4.92 Å². The number of nitro benzene ring substituents is 1. The largest absolute Gasteiger partial charge is 0.496 e. The minimum absolute atomic E-state index is 0.122. The number of carbonyl (C=O) groups excluding carboxylic acids is 1. The van der Waals surface area contributed by atoms with Crippen molar-refractivity contribution in [3.8, 4) is 5.75 Å². The van der Waals surface area contributed by atoms with Crippen LogP contribution in [0.5, 0.6) is 5.75 Å². The fourth-order valence-corrected chi connectivity index (χ4v) is 2.87. The highest BCUT2D eigenvalue weighted by molar-refractivity contribution is 5.97. The molecule has 1 saturated heterocycles. The van der Waals surface area contributed by atoms with Crippen LogP contribution in [0.4, 0.5) is 5.69 Å². The monoisotopic (exact) mass is 335 g/mol. The lowest BCUT2D eigenvalue weighted by atomic mass is 9.99. The fraction of sp³-hybridized carbons (Fsp3) is 0.588. The molecule has 0 atom stereocenters. The number of amides is 1. The first kappa shape index (κ1) is 18.2. The predicted molar refractivity (Wildman–Crippen MR) is 91.4 cm³/mol. The Hall–Kier alpha value is -2.15. The molecule has 1 aliphatic heterocycles. The lowest BCUT2D eigenvalue weighted by Gasteiger charge is -2.30. The second kappa shape index (κ2) is 8.63. The first-order chi connectivity index (χ1) is 11.5. The summed E-state index contributed by atoms with van der Waals surface area (Å²) in [5.74, 6) is 0.799. The highest BCUT2D eigenvalue weighted by Gasteiger charge is 2.18. The standard InChI is InChI=1S/C17H25N3O4/c1-13-6-10-19(11-7-13)9-3-8-18-17(21)15-12-14(20(22)23)4-5-16(15)24-2/h4-5,12-13H,3,6-11H2,1-2H3,(H,18,21). The van der Waals surface area contributed by atoms with Gasteiger partial charge in [-0.05, 0) is 50.9 Å². The summed E-state index contributed by atoms with van der Waals surface area (Å²) in [6, 6.07) is 4.02. The molecule has 1 heterocycles. The van der Waals surface area contributed by atoms with Crippen LogP contribution < -0.4 is 10.1 Å². The summed E-state index contributed by atoms with van der Waals surface area (Å²) in [6.07, 6.45) is 3.33. The van der Waals surface area contributed by atoms with Crippen LogP contribution in [0.25, 0.3) is 0 Å². The molecule has 0 unspecified atom stereocenters. The van der Waals surface area contributed by atoms with Crippen molar-refractivity contribution < 1.29 is 14.5 Å². The van der Waals surface area contributed by atoms with Crippen LogP contribution in [0.3, 0.4) is 0 Å². The number of benzene rings is 1. The van der Waals surface area contributed by atoms with Crippen molar-refractivity contribution in [2.45, 2.75) is 26.2 Å².